The molecule has 0 aliphatic carbocycles. The number of likely N-dealkylation sites (N-methyl/N-ethyl adjacent to an activating group) is 1. The van der Waals surface area contributed by atoms with Crippen LogP contribution in [0.15, 0.2) is 0 Å². The number of hydrogen-bond donors (Lipinski definition) is 0. The molecule has 0 atom stereocenters. The summed E-state index contributed by atoms with van der Waals surface area (Å²) in [6.45, 7) is 7.96. The molecule has 0 spiro atoms. The first kappa shape index (κ1) is 10.5. The average Bonchev–Trinajstić information content (AvgIpc) is 2.13. The molecule has 0 bridgehead atoms. The van der Waals surface area contributed by atoms with Crippen LogP contribution in [0.3, 0.4) is 0 Å². The van der Waals surface area contributed by atoms with Crippen molar-refractivity contribution in [1.82, 2.24) is 4.90 Å². The molecule has 0 saturated carbocycles. The van der Waals surface area contributed by atoms with E-state index in [0.717, 1.165) is 13.1 Å². The van der Waals surface area contributed by atoms with Gasteiger partial charge < -0.3 is 10.2 Å². The van der Waals surface area contributed by atoms with Gasteiger partial charge in [0.05, 0.1) is 0 Å². The third-order valence-corrected chi connectivity index (χ3v) is 1.81. The van der Waals surface area contributed by atoms with Crippen molar-refractivity contribution in [1.29, 1.82) is 0 Å². The van der Waals surface area contributed by atoms with E-state index in [1.54, 1.807) is 0 Å². The molecular formula is C7H15LiN2. The van der Waals surface area contributed by atoms with Crippen LogP contribution in [0, 0.1) is 0 Å². The summed E-state index contributed by atoms with van der Waals surface area (Å²) in [4.78, 5) is 2.45. The second kappa shape index (κ2) is 6.24. The quantitative estimate of drug-likeness (QED) is 0.382. The maximum absolute atomic E-state index is 4.33. The van der Waals surface area contributed by atoms with Gasteiger partial charge in [-0.25, -0.2) is 0 Å². The van der Waals surface area contributed by atoms with Gasteiger partial charge in [0, 0.05) is 0 Å². The van der Waals surface area contributed by atoms with Crippen LogP contribution in [0.25, 0.3) is 5.32 Å². The summed E-state index contributed by atoms with van der Waals surface area (Å²) in [7, 11) is 0. The Morgan fingerprint density at radius 2 is 2.10 bits per heavy atom. The van der Waals surface area contributed by atoms with E-state index >= 15 is 0 Å². The Kier molecular flexibility index (Phi) is 6.56. The minimum absolute atomic E-state index is 0. The van der Waals surface area contributed by atoms with E-state index in [2.05, 4.69) is 17.1 Å². The zero-order chi connectivity index (χ0) is 6.53. The molecule has 0 aromatic rings. The predicted molar refractivity (Wildman–Crippen MR) is 39.8 cm³/mol. The molecule has 10 heavy (non-hydrogen) atoms. The van der Waals surface area contributed by atoms with Gasteiger partial charge in [-0.3, -0.25) is 0 Å². The molecule has 1 fully saturated rings. The average molecular weight is 134 g/mol. The molecule has 1 aliphatic rings. The van der Waals surface area contributed by atoms with E-state index in [-0.39, 0.29) is 18.9 Å². The zero-order valence-electron chi connectivity index (χ0n) is 7.14. The molecule has 54 valence electrons. The first-order valence-electron chi connectivity index (χ1n) is 3.79. The topological polar surface area (TPSA) is 17.3 Å². The summed E-state index contributed by atoms with van der Waals surface area (Å²) in [5.74, 6) is 0. The monoisotopic (exact) mass is 134 g/mol. The number of rotatable bonds is 1. The van der Waals surface area contributed by atoms with E-state index in [1.165, 1.54) is 26.1 Å². The Hall–Kier alpha value is 0.517. The zero-order valence-corrected chi connectivity index (χ0v) is 7.14. The van der Waals surface area contributed by atoms with Gasteiger partial charge >= 0.3 is 18.9 Å². The molecule has 1 aliphatic heterocycles. The van der Waals surface area contributed by atoms with E-state index < -0.39 is 0 Å². The SMILES string of the molecule is CCN1CCC[N-]CC1.[Li+]. The van der Waals surface area contributed by atoms with E-state index in [4.69, 9.17) is 0 Å². The first-order chi connectivity index (χ1) is 4.43. The second-order valence-electron chi connectivity index (χ2n) is 2.46. The summed E-state index contributed by atoms with van der Waals surface area (Å²) in [5, 5.41) is 4.33. The standard InChI is InChI=1S/C7H15N2.Li/c1-2-9-6-3-4-8-5-7-9;/h2-7H2,1H3;/q-1;+1. The number of nitrogens with zero attached hydrogens (tertiary/aromatic N) is 2. The minimum Gasteiger partial charge on any atom is -0.661 e. The molecule has 0 aromatic heterocycles. The molecule has 2 nitrogen and oxygen atoms in total. The molecule has 0 N–H and O–H groups in total. The summed E-state index contributed by atoms with van der Waals surface area (Å²) in [6, 6.07) is 0. The third kappa shape index (κ3) is 3.63. The Balaban J connectivity index is 0.000000810. The molecular weight excluding hydrogens is 119 g/mol. The second-order valence-corrected chi connectivity index (χ2v) is 2.46. The smallest absolute Gasteiger partial charge is 0.661 e. The van der Waals surface area contributed by atoms with Crippen molar-refractivity contribution in [3.05, 3.63) is 5.32 Å². The predicted octanol–water partition coefficient (Wildman–Crippen LogP) is -1.91. The van der Waals surface area contributed by atoms with Crippen LogP contribution in [0.5, 0.6) is 0 Å². The first-order valence-corrected chi connectivity index (χ1v) is 3.79. The van der Waals surface area contributed by atoms with Crippen molar-refractivity contribution in [3.8, 4) is 0 Å². The summed E-state index contributed by atoms with van der Waals surface area (Å²) < 4.78 is 0. The molecule has 3 heteroatoms. The fraction of sp³-hybridized carbons (Fsp3) is 1.00. The van der Waals surface area contributed by atoms with Crippen molar-refractivity contribution >= 4 is 0 Å². The van der Waals surface area contributed by atoms with Crippen LogP contribution in [0.1, 0.15) is 13.3 Å². The van der Waals surface area contributed by atoms with Gasteiger partial charge in [-0.05, 0) is 19.6 Å². The fourth-order valence-corrected chi connectivity index (χ4v) is 1.16. The molecule has 1 rings (SSSR count). The van der Waals surface area contributed by atoms with Crippen molar-refractivity contribution in [2.24, 2.45) is 0 Å². The molecule has 0 amide bonds. The third-order valence-electron chi connectivity index (χ3n) is 1.81. The van der Waals surface area contributed by atoms with Crippen LogP contribution in [-0.2, 0) is 0 Å². The van der Waals surface area contributed by atoms with E-state index in [0.29, 0.717) is 0 Å². The Morgan fingerprint density at radius 3 is 2.80 bits per heavy atom. The van der Waals surface area contributed by atoms with Crippen LogP contribution < -0.4 is 18.9 Å². The molecule has 0 aromatic carbocycles. The van der Waals surface area contributed by atoms with Crippen LogP contribution >= 0.6 is 0 Å². The van der Waals surface area contributed by atoms with Crippen LogP contribution in [0.4, 0.5) is 0 Å². The van der Waals surface area contributed by atoms with Gasteiger partial charge in [0.1, 0.15) is 0 Å². The number of hydrogen-bond acceptors (Lipinski definition) is 1. The molecule has 0 radical (unpaired) electrons. The maximum atomic E-state index is 4.33. The minimum atomic E-state index is 0. The van der Waals surface area contributed by atoms with Crippen LogP contribution in [-0.4, -0.2) is 37.6 Å². The summed E-state index contributed by atoms with van der Waals surface area (Å²) in [5.41, 5.74) is 0. The van der Waals surface area contributed by atoms with Crippen molar-refractivity contribution in [2.45, 2.75) is 13.3 Å². The van der Waals surface area contributed by atoms with Crippen molar-refractivity contribution < 1.29 is 18.9 Å². The molecule has 1 heterocycles. The van der Waals surface area contributed by atoms with Crippen molar-refractivity contribution in [2.75, 3.05) is 32.7 Å². The van der Waals surface area contributed by atoms with E-state index in [9.17, 15) is 0 Å². The molecule has 1 saturated heterocycles. The van der Waals surface area contributed by atoms with Gasteiger partial charge in [-0.15, -0.1) is 13.1 Å². The van der Waals surface area contributed by atoms with E-state index in [1.807, 2.05) is 0 Å². The Morgan fingerprint density at radius 1 is 1.30 bits per heavy atom. The fourth-order valence-electron chi connectivity index (χ4n) is 1.16. The normalized spacial score (nSPS) is 21.3. The van der Waals surface area contributed by atoms with Gasteiger partial charge in [0.15, 0.2) is 0 Å². The molecule has 0 unspecified atom stereocenters. The Labute approximate surface area is 75.5 Å². The largest absolute Gasteiger partial charge is 1.00 e. The van der Waals surface area contributed by atoms with Gasteiger partial charge in [0.25, 0.3) is 0 Å². The van der Waals surface area contributed by atoms with Crippen LogP contribution in [0.2, 0.25) is 0 Å². The van der Waals surface area contributed by atoms with Crippen molar-refractivity contribution in [3.63, 3.8) is 0 Å². The van der Waals surface area contributed by atoms with Gasteiger partial charge in [-0.1, -0.05) is 13.3 Å². The van der Waals surface area contributed by atoms with Gasteiger partial charge in [0.2, 0.25) is 0 Å². The maximum Gasteiger partial charge on any atom is 1.00 e. The Bertz CT molecular complexity index is 70.0. The summed E-state index contributed by atoms with van der Waals surface area (Å²) >= 11 is 0. The van der Waals surface area contributed by atoms with Gasteiger partial charge in [-0.2, -0.15) is 0 Å². The summed E-state index contributed by atoms with van der Waals surface area (Å²) in [6.07, 6.45) is 1.26.